The Kier molecular flexibility index (Phi) is 15.9. The predicted molar refractivity (Wildman–Crippen MR) is 260 cm³/mol. The lowest BCUT2D eigenvalue weighted by atomic mass is 9.97. The van der Waals surface area contributed by atoms with Crippen molar-refractivity contribution in [2.24, 2.45) is 5.92 Å². The topological polar surface area (TPSA) is 88.6 Å². The Balaban J connectivity index is 0.000000196. The second-order valence-corrected chi connectivity index (χ2v) is 19.4. The number of thiophene rings is 2. The van der Waals surface area contributed by atoms with Crippen LogP contribution < -0.4 is 19.3 Å². The zero-order valence-electron chi connectivity index (χ0n) is 37.9. The maximum absolute atomic E-state index is 13.7. The molecule has 0 radical (unpaired) electrons. The van der Waals surface area contributed by atoms with Crippen LogP contribution in [0.4, 0.5) is 37.7 Å². The molecule has 1 fully saturated rings. The molecule has 18 heteroatoms. The van der Waals surface area contributed by atoms with E-state index in [1.807, 2.05) is 18.2 Å². The second kappa shape index (κ2) is 22.0. The summed E-state index contributed by atoms with van der Waals surface area (Å²) in [6, 6.07) is 30.9. The normalized spacial score (nSPS) is 15.0. The molecular formula is C52H48ClF6N3O6S2. The molecule has 0 saturated carbocycles. The van der Waals surface area contributed by atoms with Crippen molar-refractivity contribution < 1.29 is 54.9 Å². The molecule has 9 nitrogen and oxygen atoms in total. The number of fused-ring (bicyclic) bond motifs is 2. The molecule has 0 atom stereocenters. The molecule has 5 heterocycles. The van der Waals surface area contributed by atoms with Crippen LogP contribution in [0.25, 0.3) is 22.3 Å². The molecule has 0 unspecified atom stereocenters. The van der Waals surface area contributed by atoms with Gasteiger partial charge < -0.3 is 24.0 Å². The van der Waals surface area contributed by atoms with Crippen LogP contribution in [0.5, 0.6) is 11.5 Å². The molecule has 3 aliphatic rings. The number of esters is 1. The molecule has 70 heavy (non-hydrogen) atoms. The highest BCUT2D eigenvalue weighted by atomic mass is 35.5. The van der Waals surface area contributed by atoms with Crippen LogP contribution in [-0.4, -0.2) is 67.9 Å². The predicted octanol–water partition coefficient (Wildman–Crippen LogP) is 12.3. The summed E-state index contributed by atoms with van der Waals surface area (Å²) in [5.41, 5.74) is 4.92. The fraction of sp³-hybridized carbons (Fsp3) is 0.327. The van der Waals surface area contributed by atoms with Crippen LogP contribution in [0, 0.1) is 5.92 Å². The number of carbonyl (C=O) groups excluding carboxylic acids is 3. The van der Waals surface area contributed by atoms with Gasteiger partial charge in [-0.1, -0.05) is 60.7 Å². The van der Waals surface area contributed by atoms with E-state index in [1.165, 1.54) is 6.07 Å². The minimum Gasteiger partial charge on any atom is -0.488 e. The first-order valence-corrected chi connectivity index (χ1v) is 24.8. The Morgan fingerprint density at radius 1 is 0.629 bits per heavy atom. The summed E-state index contributed by atoms with van der Waals surface area (Å²) in [4.78, 5) is 42.1. The Morgan fingerprint density at radius 3 is 1.51 bits per heavy atom. The molecule has 9 rings (SSSR count). The lowest BCUT2D eigenvalue weighted by Crippen LogP contribution is -2.44. The van der Waals surface area contributed by atoms with E-state index >= 15 is 0 Å². The summed E-state index contributed by atoms with van der Waals surface area (Å²) in [5, 5.41) is 0. The number of anilines is 2. The zero-order valence-corrected chi connectivity index (χ0v) is 40.3. The van der Waals surface area contributed by atoms with Crippen LogP contribution in [0.1, 0.15) is 50.4 Å². The van der Waals surface area contributed by atoms with E-state index in [9.17, 15) is 40.7 Å². The van der Waals surface area contributed by atoms with Crippen molar-refractivity contribution in [1.29, 1.82) is 0 Å². The first kappa shape index (κ1) is 50.5. The van der Waals surface area contributed by atoms with Crippen LogP contribution in [0.3, 0.4) is 0 Å². The fourth-order valence-electron chi connectivity index (χ4n) is 8.81. The van der Waals surface area contributed by atoms with Gasteiger partial charge in [0.1, 0.15) is 40.3 Å². The van der Waals surface area contributed by atoms with Crippen molar-refractivity contribution in [2.45, 2.75) is 58.2 Å². The van der Waals surface area contributed by atoms with Crippen molar-refractivity contribution in [3.05, 3.63) is 140 Å². The minimum absolute atomic E-state index is 0.00806. The van der Waals surface area contributed by atoms with E-state index in [0.717, 1.165) is 22.5 Å². The Hall–Kier alpha value is -5.88. The third kappa shape index (κ3) is 12.0. The average Bonchev–Trinajstić information content (AvgIpc) is 4.18. The SMILES string of the molecule is CCOC(=O)C1CCN(CC(=O)N2CCc3cc(OCc4cc(-c5ccccc5)c(C(F)(F)F)s4)ccc32)CC1.O=C(CCl)N1CCc2cc(OCc3cc(-c4ccccc4)c(C(F)(F)F)s3)ccc21. The molecule has 0 bridgehead atoms. The van der Waals surface area contributed by atoms with Gasteiger partial charge >= 0.3 is 18.3 Å². The number of ether oxygens (including phenoxy) is 3. The Bertz CT molecular complexity index is 2790. The monoisotopic (exact) mass is 1020 g/mol. The highest BCUT2D eigenvalue weighted by Gasteiger charge is 2.38. The third-order valence-electron chi connectivity index (χ3n) is 12.2. The van der Waals surface area contributed by atoms with Gasteiger partial charge in [-0.3, -0.25) is 19.3 Å². The number of alkyl halides is 7. The Labute approximate surface area is 414 Å². The smallest absolute Gasteiger partial charge is 0.426 e. The van der Waals surface area contributed by atoms with E-state index < -0.39 is 22.1 Å². The number of rotatable bonds is 13. The maximum Gasteiger partial charge on any atom is 0.426 e. The van der Waals surface area contributed by atoms with Gasteiger partial charge in [-0.05, 0) is 116 Å². The van der Waals surface area contributed by atoms with Crippen LogP contribution in [0.2, 0.25) is 0 Å². The van der Waals surface area contributed by atoms with Crippen LogP contribution in [0.15, 0.2) is 109 Å². The van der Waals surface area contributed by atoms with Gasteiger partial charge in [-0.25, -0.2) is 0 Å². The third-order valence-corrected chi connectivity index (χ3v) is 14.7. The lowest BCUT2D eigenvalue weighted by molar-refractivity contribution is -0.149. The number of hydrogen-bond donors (Lipinski definition) is 0. The molecule has 3 aliphatic heterocycles. The molecule has 0 N–H and O–H groups in total. The van der Waals surface area contributed by atoms with Crippen molar-refractivity contribution in [1.82, 2.24) is 4.90 Å². The van der Waals surface area contributed by atoms with E-state index in [1.54, 1.807) is 102 Å². The summed E-state index contributed by atoms with van der Waals surface area (Å²) in [5.74, 6) is 0.619. The zero-order chi connectivity index (χ0) is 49.6. The van der Waals surface area contributed by atoms with Crippen molar-refractivity contribution in [3.63, 3.8) is 0 Å². The van der Waals surface area contributed by atoms with Gasteiger partial charge in [-0.2, -0.15) is 26.3 Å². The molecule has 0 spiro atoms. The highest BCUT2D eigenvalue weighted by molar-refractivity contribution is 7.13. The Morgan fingerprint density at radius 2 is 1.09 bits per heavy atom. The van der Waals surface area contributed by atoms with E-state index in [-0.39, 0.29) is 60.5 Å². The largest absolute Gasteiger partial charge is 0.488 e. The number of carbonyl (C=O) groups is 3. The quantitative estimate of drug-likeness (QED) is 0.0647. The number of hydrogen-bond acceptors (Lipinski definition) is 9. The van der Waals surface area contributed by atoms with E-state index in [2.05, 4.69) is 4.90 Å². The summed E-state index contributed by atoms with van der Waals surface area (Å²) >= 11 is 7.04. The number of halogens is 7. The number of nitrogens with zero attached hydrogens (tertiary/aromatic N) is 3. The van der Waals surface area contributed by atoms with E-state index in [4.69, 9.17) is 25.8 Å². The van der Waals surface area contributed by atoms with Crippen LogP contribution >= 0.6 is 34.3 Å². The summed E-state index contributed by atoms with van der Waals surface area (Å²) in [7, 11) is 0. The second-order valence-electron chi connectivity index (χ2n) is 16.8. The molecule has 2 amide bonds. The number of piperidine rings is 1. The van der Waals surface area contributed by atoms with Gasteiger partial charge in [-0.15, -0.1) is 34.3 Å². The molecule has 368 valence electrons. The van der Waals surface area contributed by atoms with Crippen molar-refractivity contribution in [2.75, 3.05) is 55.0 Å². The molecule has 4 aromatic carbocycles. The lowest BCUT2D eigenvalue weighted by Gasteiger charge is -2.31. The molecular weight excluding hydrogens is 976 g/mol. The molecule has 2 aromatic heterocycles. The minimum atomic E-state index is -4.45. The van der Waals surface area contributed by atoms with Crippen LogP contribution in [-0.2, 0) is 57.5 Å². The summed E-state index contributed by atoms with van der Waals surface area (Å²) in [6.07, 6.45) is -6.15. The number of benzene rings is 4. The maximum atomic E-state index is 13.7. The first-order chi connectivity index (χ1) is 33.6. The average molecular weight is 1020 g/mol. The van der Waals surface area contributed by atoms with Crippen molar-refractivity contribution >= 4 is 63.4 Å². The van der Waals surface area contributed by atoms with Gasteiger partial charge in [0.25, 0.3) is 0 Å². The highest BCUT2D eigenvalue weighted by Crippen LogP contribution is 2.45. The number of likely N-dealkylation sites (tertiary alicyclic amines) is 1. The molecule has 0 aliphatic carbocycles. The first-order valence-electron chi connectivity index (χ1n) is 22.7. The molecule has 1 saturated heterocycles. The summed E-state index contributed by atoms with van der Waals surface area (Å²) < 4.78 is 98.5. The van der Waals surface area contributed by atoms with Gasteiger partial charge in [0.2, 0.25) is 11.8 Å². The van der Waals surface area contributed by atoms with Gasteiger partial charge in [0, 0.05) is 45.3 Å². The standard InChI is InChI=1S/C30H31F3N2O4S.C22H17ClF3NO2S/c1-2-38-29(37)21-10-13-34(14-11-21)18-27(36)35-15-12-22-16-23(8-9-26(22)35)39-19-24-17-25(20-6-4-3-5-7-20)28(40-24)30(31,32)33;23-12-20(28)27-9-8-15-10-16(6-7-19(15)27)29-13-17-11-18(14-4-2-1-3-5-14)21(30-17)22(24,25)26/h3-9,16-17,21H,2,10-15,18-19H2,1H3;1-7,10-11H,8-9,12-13H2. The fourth-order valence-corrected chi connectivity index (χ4v) is 10.9. The summed E-state index contributed by atoms with van der Waals surface area (Å²) in [6.45, 7) is 4.99. The molecule has 6 aromatic rings. The van der Waals surface area contributed by atoms with E-state index in [0.29, 0.717) is 114 Å². The van der Waals surface area contributed by atoms with Crippen molar-refractivity contribution in [3.8, 4) is 33.8 Å². The number of amides is 2. The van der Waals surface area contributed by atoms with Gasteiger partial charge in [0.15, 0.2) is 0 Å². The van der Waals surface area contributed by atoms with Gasteiger partial charge in [0.05, 0.1) is 19.1 Å².